The second kappa shape index (κ2) is 9.15. The molecule has 1 aromatic heterocycles. The third-order valence-corrected chi connectivity index (χ3v) is 7.08. The summed E-state index contributed by atoms with van der Waals surface area (Å²) >= 11 is 0. The number of hydrogen-bond acceptors (Lipinski definition) is 4. The molecular formula is C26H32N2O3. The first-order valence-corrected chi connectivity index (χ1v) is 11.2. The lowest BCUT2D eigenvalue weighted by Gasteiger charge is -2.53. The molecule has 4 rings (SSSR count). The molecular weight excluding hydrogens is 388 g/mol. The molecule has 2 fully saturated rings. The van der Waals surface area contributed by atoms with Crippen molar-refractivity contribution in [3.05, 3.63) is 72.2 Å². The Hall–Kier alpha value is -2.79. The second-order valence-electron chi connectivity index (χ2n) is 8.95. The van der Waals surface area contributed by atoms with Crippen LogP contribution in [0.1, 0.15) is 42.6 Å². The topological polar surface area (TPSA) is 65.7 Å². The highest BCUT2D eigenvalue weighted by molar-refractivity contribution is 5.92. The Morgan fingerprint density at radius 2 is 2.26 bits per heavy atom. The highest BCUT2D eigenvalue weighted by Crippen LogP contribution is 2.49. The number of aromatic hydroxyl groups is 1. The fraction of sp³-hybridized carbons (Fsp3) is 0.423. The van der Waals surface area contributed by atoms with E-state index in [1.54, 1.807) is 24.5 Å². The molecule has 1 aliphatic carbocycles. The number of likely N-dealkylation sites (tertiary alicyclic amines) is 1. The molecule has 1 saturated carbocycles. The van der Waals surface area contributed by atoms with Gasteiger partial charge in [0.1, 0.15) is 11.5 Å². The Morgan fingerprint density at radius 3 is 3.00 bits per heavy atom. The number of fused-ring (bicyclic) bond motifs is 1. The maximum absolute atomic E-state index is 12.6. The number of carbonyl (C=O) groups excluding carboxylic acids is 1. The third-order valence-electron chi connectivity index (χ3n) is 7.08. The first kappa shape index (κ1) is 21.4. The van der Waals surface area contributed by atoms with Gasteiger partial charge in [-0.15, -0.1) is 6.58 Å². The van der Waals surface area contributed by atoms with E-state index >= 15 is 0 Å². The lowest BCUT2D eigenvalue weighted by atomic mass is 9.58. The molecule has 2 aliphatic rings. The van der Waals surface area contributed by atoms with Crippen LogP contribution in [0.2, 0.25) is 0 Å². The Kier molecular flexibility index (Phi) is 6.33. The summed E-state index contributed by atoms with van der Waals surface area (Å²) in [6.07, 6.45) is 10.9. The number of carbonyl (C=O) groups is 1. The van der Waals surface area contributed by atoms with E-state index in [9.17, 15) is 9.90 Å². The van der Waals surface area contributed by atoms with Gasteiger partial charge in [0, 0.05) is 36.2 Å². The van der Waals surface area contributed by atoms with Gasteiger partial charge in [-0.3, -0.25) is 9.69 Å². The Labute approximate surface area is 184 Å². The van der Waals surface area contributed by atoms with E-state index in [2.05, 4.69) is 22.9 Å². The molecule has 2 heterocycles. The summed E-state index contributed by atoms with van der Waals surface area (Å²) in [5.41, 5.74) is 2.08. The molecule has 1 saturated heterocycles. The zero-order chi connectivity index (χ0) is 21.8. The molecule has 3 atom stereocenters. The van der Waals surface area contributed by atoms with Crippen molar-refractivity contribution in [2.75, 3.05) is 19.6 Å². The first-order valence-electron chi connectivity index (χ1n) is 11.2. The van der Waals surface area contributed by atoms with Crippen LogP contribution < -0.4 is 5.32 Å². The van der Waals surface area contributed by atoms with Crippen molar-refractivity contribution < 1.29 is 14.3 Å². The molecule has 0 radical (unpaired) electrons. The second-order valence-corrected chi connectivity index (χ2v) is 8.95. The lowest BCUT2D eigenvalue weighted by molar-refractivity contribution is -0.117. The number of phenolic OH excluding ortho intramolecular Hbond substituents is 1. The third kappa shape index (κ3) is 4.62. The molecule has 1 amide bonds. The number of rotatable bonds is 6. The molecule has 5 heteroatoms. The summed E-state index contributed by atoms with van der Waals surface area (Å²) in [4.78, 5) is 15.1. The molecule has 2 aromatic rings. The zero-order valence-electron chi connectivity index (χ0n) is 18.2. The molecule has 0 spiro atoms. The standard InChI is InChI=1S/C26H32N2O3/c1-3-13-28-14-12-26(21-5-4-6-24(29)16-21)17-23(9-8-22(26)18-28)27-25(30)10-7-20-11-15-31-19(20)2/h3-7,10-11,15-16,22-23,29H,1,8-9,12-14,17-18H2,2H3,(H,27,30)/t22-,23-,26+/m1/s1. The van der Waals surface area contributed by atoms with Crippen molar-refractivity contribution in [2.24, 2.45) is 5.92 Å². The molecule has 0 bridgehead atoms. The van der Waals surface area contributed by atoms with Gasteiger partial charge in [0.25, 0.3) is 0 Å². The largest absolute Gasteiger partial charge is 0.508 e. The van der Waals surface area contributed by atoms with Crippen molar-refractivity contribution in [1.29, 1.82) is 0 Å². The van der Waals surface area contributed by atoms with E-state index in [0.29, 0.717) is 11.7 Å². The monoisotopic (exact) mass is 420 g/mol. The minimum absolute atomic E-state index is 0.0303. The van der Waals surface area contributed by atoms with E-state index < -0.39 is 0 Å². The average Bonchev–Trinajstić information content (AvgIpc) is 3.17. The number of phenols is 1. The number of hydrogen-bond donors (Lipinski definition) is 2. The minimum Gasteiger partial charge on any atom is -0.508 e. The molecule has 0 unspecified atom stereocenters. The van der Waals surface area contributed by atoms with Crippen molar-refractivity contribution in [3.63, 3.8) is 0 Å². The van der Waals surface area contributed by atoms with Gasteiger partial charge in [-0.25, -0.2) is 0 Å². The van der Waals surface area contributed by atoms with Crippen LogP contribution >= 0.6 is 0 Å². The number of amides is 1. The van der Waals surface area contributed by atoms with E-state index in [0.717, 1.165) is 56.6 Å². The van der Waals surface area contributed by atoms with Gasteiger partial charge in [0.2, 0.25) is 5.91 Å². The maximum Gasteiger partial charge on any atom is 0.244 e. The number of benzene rings is 1. The zero-order valence-corrected chi connectivity index (χ0v) is 18.2. The van der Waals surface area contributed by atoms with Crippen molar-refractivity contribution in [1.82, 2.24) is 10.2 Å². The first-order chi connectivity index (χ1) is 15.0. The maximum atomic E-state index is 12.6. The predicted molar refractivity (Wildman–Crippen MR) is 123 cm³/mol. The smallest absolute Gasteiger partial charge is 0.244 e. The lowest BCUT2D eigenvalue weighted by Crippen LogP contribution is -2.56. The van der Waals surface area contributed by atoms with Gasteiger partial charge in [-0.1, -0.05) is 18.2 Å². The molecule has 1 aliphatic heterocycles. The number of nitrogens with zero attached hydrogens (tertiary/aromatic N) is 1. The van der Waals surface area contributed by atoms with Crippen LogP contribution in [0.3, 0.4) is 0 Å². The van der Waals surface area contributed by atoms with Crippen molar-refractivity contribution in [3.8, 4) is 5.75 Å². The van der Waals surface area contributed by atoms with E-state index in [1.165, 1.54) is 5.56 Å². The number of piperidine rings is 1. The van der Waals surface area contributed by atoms with Gasteiger partial charge >= 0.3 is 0 Å². The molecule has 2 N–H and O–H groups in total. The van der Waals surface area contributed by atoms with Crippen LogP contribution in [0, 0.1) is 12.8 Å². The number of aryl methyl sites for hydroxylation is 1. The van der Waals surface area contributed by atoms with Gasteiger partial charge in [0.15, 0.2) is 0 Å². The highest BCUT2D eigenvalue weighted by atomic mass is 16.3. The van der Waals surface area contributed by atoms with Crippen LogP contribution in [-0.4, -0.2) is 41.6 Å². The quantitative estimate of drug-likeness (QED) is 0.536. The van der Waals surface area contributed by atoms with Crippen LogP contribution in [0.25, 0.3) is 6.08 Å². The Morgan fingerprint density at radius 1 is 1.39 bits per heavy atom. The summed E-state index contributed by atoms with van der Waals surface area (Å²) in [6, 6.07) is 9.70. The van der Waals surface area contributed by atoms with E-state index in [-0.39, 0.29) is 17.4 Å². The van der Waals surface area contributed by atoms with Gasteiger partial charge in [0.05, 0.1) is 6.26 Å². The fourth-order valence-corrected chi connectivity index (χ4v) is 5.49. The molecule has 1 aromatic carbocycles. The summed E-state index contributed by atoms with van der Waals surface area (Å²) in [5.74, 6) is 1.54. The number of furan rings is 1. The normalized spacial score (nSPS) is 26.5. The Bertz CT molecular complexity index is 963. The minimum atomic E-state index is -0.0702. The molecule has 5 nitrogen and oxygen atoms in total. The van der Waals surface area contributed by atoms with Crippen molar-refractivity contribution in [2.45, 2.75) is 44.1 Å². The average molecular weight is 421 g/mol. The van der Waals surface area contributed by atoms with Gasteiger partial charge < -0.3 is 14.8 Å². The SMILES string of the molecule is C=CCN1CC[C@@]2(c3cccc(O)c3)C[C@H](NC(=O)C=Cc3ccoc3C)CC[C@@H]2C1. The number of nitrogens with one attached hydrogen (secondary N) is 1. The van der Waals surface area contributed by atoms with Crippen LogP contribution in [0.15, 0.2) is 59.7 Å². The van der Waals surface area contributed by atoms with Crippen molar-refractivity contribution >= 4 is 12.0 Å². The van der Waals surface area contributed by atoms with Crippen LogP contribution in [0.5, 0.6) is 5.75 Å². The predicted octanol–water partition coefficient (Wildman–Crippen LogP) is 4.42. The van der Waals surface area contributed by atoms with Gasteiger partial charge in [-0.2, -0.15) is 0 Å². The van der Waals surface area contributed by atoms with Crippen LogP contribution in [-0.2, 0) is 10.2 Å². The molecule has 164 valence electrons. The van der Waals surface area contributed by atoms with E-state index in [4.69, 9.17) is 4.42 Å². The van der Waals surface area contributed by atoms with Crippen LogP contribution in [0.4, 0.5) is 0 Å². The highest BCUT2D eigenvalue weighted by Gasteiger charge is 2.48. The summed E-state index contributed by atoms with van der Waals surface area (Å²) in [5, 5.41) is 13.4. The summed E-state index contributed by atoms with van der Waals surface area (Å²) in [7, 11) is 0. The summed E-state index contributed by atoms with van der Waals surface area (Å²) < 4.78 is 5.29. The fourth-order valence-electron chi connectivity index (χ4n) is 5.49. The molecule has 31 heavy (non-hydrogen) atoms. The summed E-state index contributed by atoms with van der Waals surface area (Å²) in [6.45, 7) is 8.72. The van der Waals surface area contributed by atoms with Gasteiger partial charge in [-0.05, 0) is 74.9 Å². The Balaban J connectivity index is 1.51. The van der Waals surface area contributed by atoms with E-state index in [1.807, 2.05) is 31.2 Å².